The zero-order chi connectivity index (χ0) is 17.9. The van der Waals surface area contributed by atoms with Crippen molar-refractivity contribution in [1.29, 1.82) is 0 Å². The van der Waals surface area contributed by atoms with Gasteiger partial charge in [0.2, 0.25) is 6.79 Å². The molecule has 136 valence electrons. The number of benzene rings is 2. The first-order valence-corrected chi connectivity index (χ1v) is 8.81. The lowest BCUT2D eigenvalue weighted by Gasteiger charge is -2.36. The summed E-state index contributed by atoms with van der Waals surface area (Å²) in [5.74, 6) is 2.32. The summed E-state index contributed by atoms with van der Waals surface area (Å²) in [5, 5.41) is 0. The van der Waals surface area contributed by atoms with E-state index in [4.69, 9.17) is 14.2 Å². The second-order valence-electron chi connectivity index (χ2n) is 6.51. The smallest absolute Gasteiger partial charge is 0.260 e. The number of carbonyl (C=O) groups excluding carboxylic acids is 1. The number of amides is 1. The highest BCUT2D eigenvalue weighted by Gasteiger charge is 2.23. The molecule has 0 aliphatic carbocycles. The zero-order valence-electron chi connectivity index (χ0n) is 14.8. The van der Waals surface area contributed by atoms with Gasteiger partial charge in [0.1, 0.15) is 5.75 Å². The van der Waals surface area contributed by atoms with Gasteiger partial charge in [0.05, 0.1) is 0 Å². The van der Waals surface area contributed by atoms with E-state index in [0.29, 0.717) is 13.1 Å². The fourth-order valence-electron chi connectivity index (χ4n) is 3.17. The van der Waals surface area contributed by atoms with Gasteiger partial charge in [-0.05, 0) is 31.2 Å². The molecule has 0 N–H and O–H groups in total. The van der Waals surface area contributed by atoms with Crippen molar-refractivity contribution in [1.82, 2.24) is 4.90 Å². The maximum atomic E-state index is 12.4. The Labute approximate surface area is 152 Å². The molecular formula is C20H22N2O4. The summed E-state index contributed by atoms with van der Waals surface area (Å²) in [7, 11) is 0. The highest BCUT2D eigenvalue weighted by Crippen LogP contribution is 2.35. The highest BCUT2D eigenvalue weighted by atomic mass is 16.7. The summed E-state index contributed by atoms with van der Waals surface area (Å²) < 4.78 is 16.4. The van der Waals surface area contributed by atoms with Gasteiger partial charge in [0, 0.05) is 37.9 Å². The second kappa shape index (κ2) is 7.15. The number of piperazine rings is 1. The molecule has 0 atom stereocenters. The van der Waals surface area contributed by atoms with Crippen LogP contribution in [0.15, 0.2) is 42.5 Å². The minimum absolute atomic E-state index is 0.0240. The Hall–Kier alpha value is -2.89. The van der Waals surface area contributed by atoms with Crippen molar-refractivity contribution in [3.63, 3.8) is 0 Å². The van der Waals surface area contributed by atoms with Crippen LogP contribution in [0.2, 0.25) is 0 Å². The first-order valence-electron chi connectivity index (χ1n) is 8.81. The molecular weight excluding hydrogens is 332 g/mol. The van der Waals surface area contributed by atoms with Gasteiger partial charge >= 0.3 is 0 Å². The Kier molecular flexibility index (Phi) is 4.56. The van der Waals surface area contributed by atoms with Gasteiger partial charge in [-0.3, -0.25) is 4.79 Å². The van der Waals surface area contributed by atoms with E-state index >= 15 is 0 Å². The Balaban J connectivity index is 1.29. The van der Waals surface area contributed by atoms with Gasteiger partial charge < -0.3 is 24.0 Å². The normalized spacial score (nSPS) is 15.9. The molecule has 1 saturated heterocycles. The predicted molar refractivity (Wildman–Crippen MR) is 98.0 cm³/mol. The largest absolute Gasteiger partial charge is 0.484 e. The monoisotopic (exact) mass is 354 g/mol. The van der Waals surface area contributed by atoms with Crippen LogP contribution in [0.5, 0.6) is 17.2 Å². The van der Waals surface area contributed by atoms with Crippen molar-refractivity contribution in [3.8, 4) is 17.2 Å². The molecule has 0 aromatic heterocycles. The Bertz CT molecular complexity index is 783. The first-order chi connectivity index (χ1) is 12.7. The maximum absolute atomic E-state index is 12.4. The average Bonchev–Trinajstić information content (AvgIpc) is 3.15. The molecule has 6 heteroatoms. The first kappa shape index (κ1) is 16.6. The molecule has 1 amide bonds. The molecule has 0 saturated carbocycles. The molecule has 0 radical (unpaired) electrons. The van der Waals surface area contributed by atoms with Crippen LogP contribution in [-0.2, 0) is 4.79 Å². The van der Waals surface area contributed by atoms with Crippen LogP contribution in [0, 0.1) is 6.92 Å². The summed E-state index contributed by atoms with van der Waals surface area (Å²) in [6, 6.07) is 13.7. The molecule has 2 aromatic carbocycles. The van der Waals surface area contributed by atoms with Crippen molar-refractivity contribution in [3.05, 3.63) is 48.0 Å². The number of ether oxygens (including phenoxy) is 3. The Morgan fingerprint density at radius 3 is 2.50 bits per heavy atom. The minimum atomic E-state index is 0.0240. The number of carbonyl (C=O) groups is 1. The molecule has 0 unspecified atom stereocenters. The summed E-state index contributed by atoms with van der Waals surface area (Å²) in [6.45, 7) is 5.32. The van der Waals surface area contributed by atoms with Gasteiger partial charge in [0.25, 0.3) is 5.91 Å². The van der Waals surface area contributed by atoms with E-state index in [-0.39, 0.29) is 19.3 Å². The van der Waals surface area contributed by atoms with E-state index in [0.717, 1.165) is 36.0 Å². The summed E-state index contributed by atoms with van der Waals surface area (Å²) in [6.07, 6.45) is 0. The Morgan fingerprint density at radius 2 is 1.73 bits per heavy atom. The van der Waals surface area contributed by atoms with Crippen molar-refractivity contribution < 1.29 is 19.0 Å². The van der Waals surface area contributed by atoms with Crippen LogP contribution in [0.4, 0.5) is 5.69 Å². The zero-order valence-corrected chi connectivity index (χ0v) is 14.8. The Morgan fingerprint density at radius 1 is 1.00 bits per heavy atom. The highest BCUT2D eigenvalue weighted by molar-refractivity contribution is 5.78. The maximum Gasteiger partial charge on any atom is 0.260 e. The van der Waals surface area contributed by atoms with E-state index in [1.165, 1.54) is 5.56 Å². The third-order valence-corrected chi connectivity index (χ3v) is 4.74. The van der Waals surface area contributed by atoms with Gasteiger partial charge in [-0.25, -0.2) is 0 Å². The molecule has 2 aromatic rings. The van der Waals surface area contributed by atoms with Gasteiger partial charge in [-0.1, -0.05) is 17.7 Å². The van der Waals surface area contributed by atoms with Gasteiger partial charge in [-0.15, -0.1) is 0 Å². The number of anilines is 1. The van der Waals surface area contributed by atoms with E-state index in [9.17, 15) is 4.79 Å². The predicted octanol–water partition coefficient (Wildman–Crippen LogP) is 2.45. The summed E-state index contributed by atoms with van der Waals surface area (Å²) >= 11 is 0. The van der Waals surface area contributed by atoms with E-state index < -0.39 is 0 Å². The number of aryl methyl sites for hydroxylation is 1. The quantitative estimate of drug-likeness (QED) is 0.844. The van der Waals surface area contributed by atoms with Gasteiger partial charge in [0.15, 0.2) is 18.1 Å². The number of fused-ring (bicyclic) bond motifs is 1. The van der Waals surface area contributed by atoms with Crippen LogP contribution in [-0.4, -0.2) is 50.4 Å². The van der Waals surface area contributed by atoms with E-state index in [1.54, 1.807) is 0 Å². The molecule has 2 heterocycles. The molecule has 2 aliphatic heterocycles. The van der Waals surface area contributed by atoms with Crippen molar-refractivity contribution in [2.24, 2.45) is 0 Å². The number of nitrogens with zero attached hydrogens (tertiary/aromatic N) is 2. The summed E-state index contributed by atoms with van der Waals surface area (Å²) in [5.41, 5.74) is 2.26. The summed E-state index contributed by atoms with van der Waals surface area (Å²) in [4.78, 5) is 16.5. The second-order valence-corrected chi connectivity index (χ2v) is 6.51. The van der Waals surface area contributed by atoms with Crippen molar-refractivity contribution >= 4 is 11.6 Å². The molecule has 26 heavy (non-hydrogen) atoms. The van der Waals surface area contributed by atoms with E-state index in [1.807, 2.05) is 54.3 Å². The van der Waals surface area contributed by atoms with Crippen molar-refractivity contribution in [2.45, 2.75) is 6.92 Å². The van der Waals surface area contributed by atoms with Crippen LogP contribution in [0.3, 0.4) is 0 Å². The number of hydrogen-bond donors (Lipinski definition) is 0. The molecule has 0 spiro atoms. The SMILES string of the molecule is Cc1ccc(OCC(=O)N2CCN(c3ccc4c(c3)OCO4)CC2)cc1. The van der Waals surface area contributed by atoms with E-state index in [2.05, 4.69) is 4.90 Å². The lowest BCUT2D eigenvalue weighted by atomic mass is 10.2. The molecule has 2 aliphatic rings. The van der Waals surface area contributed by atoms with Crippen molar-refractivity contribution in [2.75, 3.05) is 44.5 Å². The van der Waals surface area contributed by atoms with Crippen LogP contribution < -0.4 is 19.1 Å². The lowest BCUT2D eigenvalue weighted by molar-refractivity contribution is -0.133. The van der Waals surface area contributed by atoms with Crippen LogP contribution >= 0.6 is 0 Å². The molecule has 6 nitrogen and oxygen atoms in total. The fourth-order valence-corrected chi connectivity index (χ4v) is 3.17. The molecule has 1 fully saturated rings. The molecule has 0 bridgehead atoms. The number of rotatable bonds is 4. The van der Waals surface area contributed by atoms with Crippen LogP contribution in [0.1, 0.15) is 5.56 Å². The standard InChI is InChI=1S/C20H22N2O4/c1-15-2-5-17(6-3-15)24-13-20(23)22-10-8-21(9-11-22)16-4-7-18-19(12-16)26-14-25-18/h2-7,12H,8-11,13-14H2,1H3. The minimum Gasteiger partial charge on any atom is -0.484 e. The lowest BCUT2D eigenvalue weighted by Crippen LogP contribution is -2.50. The third kappa shape index (κ3) is 3.54. The number of hydrogen-bond acceptors (Lipinski definition) is 5. The third-order valence-electron chi connectivity index (χ3n) is 4.74. The fraction of sp³-hybridized carbons (Fsp3) is 0.350. The average molecular weight is 354 g/mol. The topological polar surface area (TPSA) is 51.2 Å². The van der Waals surface area contributed by atoms with Crippen LogP contribution in [0.25, 0.3) is 0 Å². The van der Waals surface area contributed by atoms with Gasteiger partial charge in [-0.2, -0.15) is 0 Å². The molecule has 4 rings (SSSR count).